The number of aromatic carboxylic acids is 1. The molecule has 4 aliphatic heterocycles. The number of carboxylic acid groups (broad SMARTS) is 1. The second-order valence-electron chi connectivity index (χ2n) is 27.5. The van der Waals surface area contributed by atoms with Crippen LogP contribution in [0.25, 0.3) is 0 Å². The molecular weight excluding hydrogens is 1540 g/mol. The van der Waals surface area contributed by atoms with Gasteiger partial charge in [-0.1, -0.05) is 113 Å². The summed E-state index contributed by atoms with van der Waals surface area (Å²) in [4.78, 5) is 92.5. The summed E-state index contributed by atoms with van der Waals surface area (Å²) in [6.45, 7) is 28.8. The van der Waals surface area contributed by atoms with Gasteiger partial charge in [-0.25, -0.2) is 4.79 Å². The lowest BCUT2D eigenvalue weighted by molar-refractivity contribution is -0.193. The number of fused-ring (bicyclic) bond motifs is 1. The molecule has 4 N–H and O–H groups in total. The van der Waals surface area contributed by atoms with E-state index in [4.69, 9.17) is 90.7 Å². The second kappa shape index (κ2) is 41.7. The largest absolute Gasteiger partial charge is 0.494 e. The number of rotatable bonds is 13. The van der Waals surface area contributed by atoms with Gasteiger partial charge in [0.15, 0.2) is 0 Å². The fraction of sp³-hybridized carbons (Fsp3) is 0.544. The van der Waals surface area contributed by atoms with Crippen LogP contribution >= 0.6 is 54.5 Å². The van der Waals surface area contributed by atoms with Crippen LogP contribution in [-0.2, 0) is 116 Å². The summed E-state index contributed by atoms with van der Waals surface area (Å²) in [5.41, 5.74) is 13.6. The molecule has 0 amide bonds. The monoisotopic (exact) mass is 1630 g/mol. The van der Waals surface area contributed by atoms with Crippen LogP contribution in [0.4, 0.5) is 0 Å². The van der Waals surface area contributed by atoms with Crippen molar-refractivity contribution in [3.05, 3.63) is 122 Å². The first kappa shape index (κ1) is 86.9. The molecule has 0 radical (unpaired) electrons. The summed E-state index contributed by atoms with van der Waals surface area (Å²) in [6.07, 6.45) is 9.72. The predicted octanol–water partition coefficient (Wildman–Crippen LogP) is 9.37. The van der Waals surface area contributed by atoms with Crippen LogP contribution in [0.1, 0.15) is 197 Å². The highest BCUT2D eigenvalue weighted by molar-refractivity contribution is 14.1. The van der Waals surface area contributed by atoms with Crippen LogP contribution in [0.3, 0.4) is 0 Å². The van der Waals surface area contributed by atoms with E-state index in [0.717, 1.165) is 71.5 Å². The van der Waals surface area contributed by atoms with Crippen LogP contribution in [0, 0.1) is 40.6 Å². The smallest absolute Gasteiger partial charge is 0.478 e. The van der Waals surface area contributed by atoms with Crippen molar-refractivity contribution in [3.8, 4) is 0 Å². The highest BCUT2D eigenvalue weighted by atomic mass is 127. The van der Waals surface area contributed by atoms with Gasteiger partial charge in [-0.05, 0) is 183 Å². The molecule has 3 saturated heterocycles. The first-order valence-electron chi connectivity index (χ1n) is 32.6. The van der Waals surface area contributed by atoms with Crippen molar-refractivity contribution in [3.63, 3.8) is 0 Å². The van der Waals surface area contributed by atoms with Crippen molar-refractivity contribution in [2.24, 2.45) is 16.2 Å². The molecule has 24 nitrogen and oxygen atoms in total. The van der Waals surface area contributed by atoms with E-state index in [9.17, 15) is 24.2 Å². The van der Waals surface area contributed by atoms with Gasteiger partial charge in [-0.15, -0.1) is 0 Å². The average Bonchev–Trinajstić information content (AvgIpc) is 1.64. The normalized spacial score (nSPS) is 17.7. The molecule has 540 valence electrons. The first-order chi connectivity index (χ1) is 47.1. The minimum absolute atomic E-state index is 0.0378. The van der Waals surface area contributed by atoms with Gasteiger partial charge in [0, 0.05) is 100 Å². The van der Waals surface area contributed by atoms with Gasteiger partial charge in [-0.2, -0.15) is 28.8 Å². The molecule has 8 aliphatic rings. The van der Waals surface area contributed by atoms with Crippen LogP contribution < -0.4 is 10.9 Å². The maximum atomic E-state index is 11.2. The van der Waals surface area contributed by atoms with E-state index < -0.39 is 20.2 Å². The van der Waals surface area contributed by atoms with Crippen molar-refractivity contribution in [2.45, 2.75) is 184 Å². The van der Waals surface area contributed by atoms with E-state index in [1.165, 1.54) is 74.3 Å². The quantitative estimate of drug-likeness (QED) is 0.0419. The van der Waals surface area contributed by atoms with Gasteiger partial charge < -0.3 is 67.0 Å². The minimum Gasteiger partial charge on any atom is -0.478 e. The van der Waals surface area contributed by atoms with E-state index in [1.807, 2.05) is 31.2 Å². The summed E-state index contributed by atoms with van der Waals surface area (Å²) in [6, 6.07) is 15.6. The molecule has 100 heavy (non-hydrogen) atoms. The number of esters is 3. The Kier molecular flexibility index (Phi) is 36.3. The summed E-state index contributed by atoms with van der Waals surface area (Å²) in [7, 11) is -3.09. The molecule has 32 heteroatoms. The minimum atomic E-state index is -1.04. The summed E-state index contributed by atoms with van der Waals surface area (Å²) < 4.78 is 58.2. The van der Waals surface area contributed by atoms with Gasteiger partial charge in [0.1, 0.15) is 19.8 Å². The lowest BCUT2D eigenvalue weighted by Gasteiger charge is -2.38. The first-order valence-corrected chi connectivity index (χ1v) is 35.2. The zero-order chi connectivity index (χ0) is 74.8. The van der Waals surface area contributed by atoms with Gasteiger partial charge in [0.25, 0.3) is 0 Å². The highest BCUT2D eigenvalue weighted by Gasteiger charge is 2.48. The third-order valence-electron chi connectivity index (χ3n) is 16.2. The van der Waals surface area contributed by atoms with Crippen LogP contribution in [-0.4, -0.2) is 138 Å². The third kappa shape index (κ3) is 29.3. The Morgan fingerprint density at radius 1 is 0.520 bits per heavy atom. The molecule has 0 atom stereocenters. The Balaban J connectivity index is 0.000000254. The van der Waals surface area contributed by atoms with E-state index in [0.29, 0.717) is 82.3 Å². The molecule has 4 aromatic carbocycles. The van der Waals surface area contributed by atoms with E-state index in [-0.39, 0.29) is 92.1 Å². The van der Waals surface area contributed by atoms with Crippen molar-refractivity contribution in [1.29, 1.82) is 0 Å². The molecule has 7 fully saturated rings. The highest BCUT2D eigenvalue weighted by Crippen LogP contribution is 2.47. The Labute approximate surface area is 616 Å². The number of ether oxygens (including phenoxy) is 3. The topological polar surface area (TPSA) is 344 Å². The number of aryl methyl sites for hydroxylation is 3. The summed E-state index contributed by atoms with van der Waals surface area (Å²) >= 11 is 9.38. The number of carbonyl (C=O) groups excluding carboxylic acids is 9. The zero-order valence-corrected chi connectivity index (χ0v) is 64.0. The standard InChI is InChI=1S/C18H25BO4.C13H15BrO2.C11H11BO4.C10H20B2O4.C10H10BrIO2.C3H7BO2.3CO2/c1-12-5-6-15(9-21-13(2)20)17(16(12)14-7-8-14)19-22-10-18(3,4)11-23-19;1-8-3-4-11(7-16-9(2)15)13(14)12(8)10-5-6-10;13-11(14)8-4-3-7-5-16-12(15)10(7)9(8)6-1-2-6;1-9(2)5-13-11(14-6-9)12-15-7-10(3,4)8-16-12;1-6-3-4-8(5-14-7(2)13)9(11)10(6)12;5-4(6)3-1-2-3;3*2-1-3/h5-6,14H,7-11H2,1-4H3;3-4,10H,5-7H2,1-2H3;3-4,6,15H,1-2,5H2,(H,13,14);5-8H2,1-4H3;3-4H,5H2,1-2H3;3,5-6H,1-2H2;;;. The van der Waals surface area contributed by atoms with Gasteiger partial charge >= 0.3 is 77.7 Å². The molecule has 4 saturated carbocycles. The number of hydrogen-bond acceptors (Lipinski definition) is 23. The summed E-state index contributed by atoms with van der Waals surface area (Å²) in [5.74, 6) is 0.103. The van der Waals surface area contributed by atoms with Crippen molar-refractivity contribution in [1.82, 2.24) is 0 Å². The molecule has 4 heterocycles. The van der Waals surface area contributed by atoms with Crippen LogP contribution in [0.2, 0.25) is 5.82 Å². The number of carbonyl (C=O) groups is 4. The zero-order valence-electron chi connectivity index (χ0n) is 58.6. The number of benzene rings is 4. The third-order valence-corrected chi connectivity index (χ3v) is 20.2. The maximum Gasteiger partial charge on any atom is 0.494 e. The number of carboxylic acids is 1. The van der Waals surface area contributed by atoms with E-state index in [1.54, 1.807) is 12.1 Å². The lowest BCUT2D eigenvalue weighted by Crippen LogP contribution is -2.56. The SMILES string of the molecule is CC(=O)OCc1ccc(C)c(C2CC2)c1B1OCC(C)(C)CO1.CC(=O)OCc1ccc(C)c(C2CC2)c1Br.CC(=O)OCc1ccc(C)c(I)c1Br.CC1(C)COB(B2OCC(C)(C)CO2)OC1.O=C(O)c1ccc2c(c1C1CC1)B(O)OC2.O=C=O.O=C=O.O=C=O.OB(O)C1CC1. The number of hydrogen-bond donors (Lipinski definition) is 4. The fourth-order valence-electron chi connectivity index (χ4n) is 10.5. The molecule has 4 aromatic rings. The fourth-order valence-corrected chi connectivity index (χ4v) is 12.5. The second-order valence-corrected chi connectivity index (χ2v) is 30.1. The lowest BCUT2D eigenvalue weighted by atomic mass is 9.47. The van der Waals surface area contributed by atoms with Gasteiger partial charge in [-0.3, -0.25) is 14.4 Å². The summed E-state index contributed by atoms with van der Waals surface area (Å²) in [5, 5.41) is 35.4. The van der Waals surface area contributed by atoms with Gasteiger partial charge in [0.05, 0.1) is 12.2 Å². The predicted molar refractivity (Wildman–Crippen MR) is 382 cm³/mol. The van der Waals surface area contributed by atoms with E-state index >= 15 is 0 Å². The molecule has 0 spiro atoms. The Morgan fingerprint density at radius 2 is 0.880 bits per heavy atom. The van der Waals surface area contributed by atoms with Crippen molar-refractivity contribution in [2.75, 3.05) is 39.6 Å². The van der Waals surface area contributed by atoms with Crippen molar-refractivity contribution < 1.29 is 115 Å². The Bertz CT molecular complexity index is 3420. The molecule has 0 bridgehead atoms. The molecule has 0 unspecified atom stereocenters. The maximum absolute atomic E-state index is 11.2. The average molecular weight is 1630 g/mol. The molecular formula is C68H88B5Br2IO24. The molecule has 12 rings (SSSR count). The Hall–Kier alpha value is -5.49. The van der Waals surface area contributed by atoms with Crippen LogP contribution in [0.5, 0.6) is 0 Å². The van der Waals surface area contributed by atoms with Crippen LogP contribution in [0.15, 0.2) is 57.5 Å². The van der Waals surface area contributed by atoms with Gasteiger partial charge in [0.2, 0.25) is 0 Å². The molecule has 4 aliphatic carbocycles. The number of halogens is 3. The van der Waals surface area contributed by atoms with Crippen molar-refractivity contribution >= 4 is 143 Å². The molecule has 0 aromatic heterocycles. The Morgan fingerprint density at radius 3 is 1.26 bits per heavy atom. The van der Waals surface area contributed by atoms with E-state index in [2.05, 4.69) is 122 Å².